The zero-order valence-corrected chi connectivity index (χ0v) is 13.2. The van der Waals surface area contributed by atoms with Crippen LogP contribution in [-0.4, -0.2) is 33.0 Å². The number of nitrogens with one attached hydrogen (secondary N) is 1. The number of rotatable bonds is 5. The first-order chi connectivity index (χ1) is 9.04. The molecule has 2 rings (SSSR count). The molecule has 0 aromatic heterocycles. The van der Waals surface area contributed by atoms with Crippen molar-refractivity contribution in [3.05, 3.63) is 0 Å². The molecule has 19 heavy (non-hydrogen) atoms. The molecule has 1 N–H and O–H groups in total. The largest absolute Gasteiger partial charge is 0.317 e. The van der Waals surface area contributed by atoms with Crippen molar-refractivity contribution >= 4 is 9.84 Å². The molecule has 0 amide bonds. The smallest absolute Gasteiger partial charge is 0.150 e. The Morgan fingerprint density at radius 2 is 2.00 bits per heavy atom. The number of hydrogen-bond donors (Lipinski definition) is 1. The average Bonchev–Trinajstić information content (AvgIpc) is 2.75. The molecule has 3 nitrogen and oxygen atoms in total. The molecule has 4 unspecified atom stereocenters. The van der Waals surface area contributed by atoms with E-state index in [2.05, 4.69) is 12.2 Å². The lowest BCUT2D eigenvalue weighted by molar-refractivity contribution is 0.196. The predicted octanol–water partition coefficient (Wildman–Crippen LogP) is 2.62. The molecule has 2 fully saturated rings. The Balaban J connectivity index is 1.89. The van der Waals surface area contributed by atoms with Crippen molar-refractivity contribution in [1.29, 1.82) is 0 Å². The normalized spacial score (nSPS) is 36.2. The van der Waals surface area contributed by atoms with Gasteiger partial charge in [0.2, 0.25) is 0 Å². The monoisotopic (exact) mass is 287 g/mol. The SMILES string of the molecule is CCC1CCCC(C(CC2CCS(=O)(=O)C2)NC)C1. The molecule has 2 aliphatic rings. The van der Waals surface area contributed by atoms with Crippen LogP contribution < -0.4 is 5.32 Å². The molecule has 1 aliphatic carbocycles. The molecule has 0 aromatic carbocycles. The third-order valence-electron chi connectivity index (χ3n) is 5.25. The Morgan fingerprint density at radius 3 is 2.58 bits per heavy atom. The molecular weight excluding hydrogens is 258 g/mol. The van der Waals surface area contributed by atoms with Gasteiger partial charge in [-0.2, -0.15) is 0 Å². The molecule has 1 heterocycles. The third-order valence-corrected chi connectivity index (χ3v) is 7.09. The Bertz CT molecular complexity index is 380. The maximum atomic E-state index is 11.6. The molecule has 4 heteroatoms. The quantitative estimate of drug-likeness (QED) is 0.845. The minimum absolute atomic E-state index is 0.393. The molecule has 0 aromatic rings. The Kier molecular flexibility index (Phi) is 5.29. The van der Waals surface area contributed by atoms with Crippen molar-refractivity contribution in [1.82, 2.24) is 5.32 Å². The molecule has 0 radical (unpaired) electrons. The van der Waals surface area contributed by atoms with Crippen molar-refractivity contribution in [2.24, 2.45) is 17.8 Å². The van der Waals surface area contributed by atoms with Crippen LogP contribution in [-0.2, 0) is 9.84 Å². The fraction of sp³-hybridized carbons (Fsp3) is 1.00. The molecular formula is C15H29NO2S. The highest BCUT2D eigenvalue weighted by Gasteiger charge is 2.33. The molecule has 0 bridgehead atoms. The van der Waals surface area contributed by atoms with Gasteiger partial charge in [-0.3, -0.25) is 0 Å². The highest BCUT2D eigenvalue weighted by molar-refractivity contribution is 7.91. The highest BCUT2D eigenvalue weighted by Crippen LogP contribution is 2.35. The summed E-state index contributed by atoms with van der Waals surface area (Å²) in [6, 6.07) is 0.521. The number of hydrogen-bond acceptors (Lipinski definition) is 3. The minimum Gasteiger partial charge on any atom is -0.317 e. The maximum absolute atomic E-state index is 11.6. The zero-order valence-electron chi connectivity index (χ0n) is 12.4. The van der Waals surface area contributed by atoms with Crippen LogP contribution in [0.2, 0.25) is 0 Å². The second kappa shape index (κ2) is 6.57. The molecule has 4 atom stereocenters. The molecule has 1 saturated heterocycles. The third kappa shape index (κ3) is 4.19. The minimum atomic E-state index is -2.72. The van der Waals surface area contributed by atoms with E-state index >= 15 is 0 Å². The van der Waals surface area contributed by atoms with Crippen LogP contribution in [0.15, 0.2) is 0 Å². The van der Waals surface area contributed by atoms with Crippen LogP contribution in [0, 0.1) is 17.8 Å². The van der Waals surface area contributed by atoms with Crippen LogP contribution in [0.5, 0.6) is 0 Å². The topological polar surface area (TPSA) is 46.2 Å². The summed E-state index contributed by atoms with van der Waals surface area (Å²) in [4.78, 5) is 0. The van der Waals surface area contributed by atoms with Crippen LogP contribution in [0.1, 0.15) is 51.9 Å². The zero-order chi connectivity index (χ0) is 13.9. The van der Waals surface area contributed by atoms with Gasteiger partial charge in [0, 0.05) is 6.04 Å². The summed E-state index contributed by atoms with van der Waals surface area (Å²) >= 11 is 0. The standard InChI is InChI=1S/C15H29NO2S/c1-3-12-5-4-6-14(9-12)15(16-2)10-13-7-8-19(17,18)11-13/h12-16H,3-11H2,1-2H3. The van der Waals surface area contributed by atoms with E-state index in [1.54, 1.807) is 0 Å². The van der Waals surface area contributed by atoms with Gasteiger partial charge >= 0.3 is 0 Å². The van der Waals surface area contributed by atoms with Crippen LogP contribution in [0.4, 0.5) is 0 Å². The van der Waals surface area contributed by atoms with Gasteiger partial charge in [0.05, 0.1) is 11.5 Å². The van der Waals surface area contributed by atoms with Crippen LogP contribution in [0.25, 0.3) is 0 Å². The predicted molar refractivity (Wildman–Crippen MR) is 80.0 cm³/mol. The van der Waals surface area contributed by atoms with Crippen molar-refractivity contribution in [3.8, 4) is 0 Å². The first-order valence-electron chi connectivity index (χ1n) is 7.91. The molecule has 1 saturated carbocycles. The van der Waals surface area contributed by atoms with Crippen molar-refractivity contribution in [2.45, 2.75) is 57.9 Å². The van der Waals surface area contributed by atoms with Gasteiger partial charge in [-0.15, -0.1) is 0 Å². The summed E-state index contributed by atoms with van der Waals surface area (Å²) in [6.07, 6.45) is 8.63. The first-order valence-corrected chi connectivity index (χ1v) is 9.74. The highest BCUT2D eigenvalue weighted by atomic mass is 32.2. The summed E-state index contributed by atoms with van der Waals surface area (Å²) in [5, 5.41) is 3.48. The average molecular weight is 287 g/mol. The summed E-state index contributed by atoms with van der Waals surface area (Å²) < 4.78 is 23.1. The summed E-state index contributed by atoms with van der Waals surface area (Å²) in [5.41, 5.74) is 0. The second-order valence-electron chi connectivity index (χ2n) is 6.60. The molecule has 1 aliphatic heterocycles. The first kappa shape index (κ1) is 15.3. The summed E-state index contributed by atoms with van der Waals surface area (Å²) in [7, 11) is -0.678. The van der Waals surface area contributed by atoms with E-state index in [1.807, 2.05) is 7.05 Å². The fourth-order valence-corrected chi connectivity index (χ4v) is 5.91. The van der Waals surface area contributed by atoms with E-state index in [4.69, 9.17) is 0 Å². The van der Waals surface area contributed by atoms with Gasteiger partial charge in [-0.05, 0) is 50.5 Å². The van der Waals surface area contributed by atoms with Crippen LogP contribution >= 0.6 is 0 Å². The van der Waals surface area contributed by atoms with E-state index in [9.17, 15) is 8.42 Å². The lowest BCUT2D eigenvalue weighted by Gasteiger charge is -2.35. The lowest BCUT2D eigenvalue weighted by Crippen LogP contribution is -2.38. The van der Waals surface area contributed by atoms with E-state index in [1.165, 1.54) is 32.1 Å². The Hall–Kier alpha value is -0.0900. The summed E-state index contributed by atoms with van der Waals surface area (Å²) in [5.74, 6) is 2.88. The van der Waals surface area contributed by atoms with Gasteiger partial charge in [0.1, 0.15) is 0 Å². The van der Waals surface area contributed by atoms with Gasteiger partial charge in [0.15, 0.2) is 9.84 Å². The van der Waals surface area contributed by atoms with Gasteiger partial charge < -0.3 is 5.32 Å². The fourth-order valence-electron chi connectivity index (χ4n) is 4.03. The molecule has 0 spiro atoms. The van der Waals surface area contributed by atoms with E-state index in [0.717, 1.165) is 24.7 Å². The van der Waals surface area contributed by atoms with Gasteiger partial charge in [-0.25, -0.2) is 8.42 Å². The molecule has 112 valence electrons. The van der Waals surface area contributed by atoms with E-state index < -0.39 is 9.84 Å². The lowest BCUT2D eigenvalue weighted by atomic mass is 9.75. The van der Waals surface area contributed by atoms with Crippen molar-refractivity contribution in [3.63, 3.8) is 0 Å². The number of sulfone groups is 1. The Morgan fingerprint density at radius 1 is 1.21 bits per heavy atom. The van der Waals surface area contributed by atoms with Gasteiger partial charge in [-0.1, -0.05) is 26.2 Å². The summed E-state index contributed by atoms with van der Waals surface area (Å²) in [6.45, 7) is 2.30. The Labute approximate surface area is 118 Å². The van der Waals surface area contributed by atoms with Crippen molar-refractivity contribution < 1.29 is 8.42 Å². The second-order valence-corrected chi connectivity index (χ2v) is 8.83. The van der Waals surface area contributed by atoms with E-state index in [0.29, 0.717) is 23.5 Å². The van der Waals surface area contributed by atoms with E-state index in [-0.39, 0.29) is 0 Å². The van der Waals surface area contributed by atoms with Gasteiger partial charge in [0.25, 0.3) is 0 Å². The van der Waals surface area contributed by atoms with Crippen LogP contribution in [0.3, 0.4) is 0 Å². The van der Waals surface area contributed by atoms with Crippen molar-refractivity contribution in [2.75, 3.05) is 18.6 Å². The maximum Gasteiger partial charge on any atom is 0.150 e.